The zero-order valence-electron chi connectivity index (χ0n) is 23.8. The van der Waals surface area contributed by atoms with Gasteiger partial charge in [0.15, 0.2) is 17.3 Å². The molecule has 0 atom stereocenters. The first-order valence-electron chi connectivity index (χ1n) is 13.5. The fourth-order valence-corrected chi connectivity index (χ4v) is 5.14. The van der Waals surface area contributed by atoms with Crippen LogP contribution in [0.15, 0.2) is 67.4 Å². The molecule has 1 N–H and O–H groups in total. The maximum atomic E-state index is 15.6. The van der Waals surface area contributed by atoms with Crippen molar-refractivity contribution in [2.45, 2.75) is 33.2 Å². The average Bonchev–Trinajstić information content (AvgIpc) is 3.44. The van der Waals surface area contributed by atoms with E-state index in [4.69, 9.17) is 9.72 Å². The van der Waals surface area contributed by atoms with Crippen LogP contribution in [0.25, 0.3) is 16.7 Å². The Morgan fingerprint density at radius 3 is 2.71 bits per heavy atom. The first kappa shape index (κ1) is 27.1. The Bertz CT molecular complexity index is 1850. The lowest BCUT2D eigenvalue weighted by Crippen LogP contribution is -2.61. The van der Waals surface area contributed by atoms with Gasteiger partial charge in [0, 0.05) is 43.0 Å². The summed E-state index contributed by atoms with van der Waals surface area (Å²) in [6.07, 6.45) is 4.59. The van der Waals surface area contributed by atoms with E-state index < -0.39 is 11.4 Å². The average molecular weight is 568 g/mol. The van der Waals surface area contributed by atoms with Crippen LogP contribution in [0.3, 0.4) is 0 Å². The molecule has 5 heterocycles. The number of carbonyl (C=O) groups excluding carboxylic acids is 1. The third-order valence-electron chi connectivity index (χ3n) is 7.37. The zero-order valence-corrected chi connectivity index (χ0v) is 23.8. The second kappa shape index (κ2) is 10.4. The largest absolute Gasteiger partial charge is 0.457 e. The third-order valence-corrected chi connectivity index (χ3v) is 7.37. The number of fused-ring (bicyclic) bond motifs is 2. The fourth-order valence-electron chi connectivity index (χ4n) is 5.14. The van der Waals surface area contributed by atoms with E-state index in [1.54, 1.807) is 48.8 Å². The molecule has 12 heteroatoms. The van der Waals surface area contributed by atoms with Crippen LogP contribution in [-0.4, -0.2) is 65.5 Å². The molecular formula is C30H30FN9O2. The van der Waals surface area contributed by atoms with Crippen LogP contribution >= 0.6 is 0 Å². The zero-order chi connectivity index (χ0) is 29.6. The number of piperazine rings is 1. The second-order valence-corrected chi connectivity index (χ2v) is 10.9. The Balaban J connectivity index is 1.25. The van der Waals surface area contributed by atoms with Gasteiger partial charge < -0.3 is 19.9 Å². The summed E-state index contributed by atoms with van der Waals surface area (Å²) < 4.78 is 23.2. The van der Waals surface area contributed by atoms with E-state index in [0.29, 0.717) is 64.8 Å². The number of nitrogens with zero attached hydrogens (tertiary/aromatic N) is 8. The highest BCUT2D eigenvalue weighted by Gasteiger charge is 2.37. The number of aromatic nitrogens is 6. The van der Waals surface area contributed by atoms with E-state index in [0.717, 1.165) is 5.82 Å². The van der Waals surface area contributed by atoms with Gasteiger partial charge >= 0.3 is 0 Å². The molecule has 0 saturated carbocycles. The van der Waals surface area contributed by atoms with Gasteiger partial charge in [0.05, 0.1) is 16.7 Å². The van der Waals surface area contributed by atoms with Crippen molar-refractivity contribution in [3.8, 4) is 11.5 Å². The van der Waals surface area contributed by atoms with Gasteiger partial charge in [0.2, 0.25) is 5.91 Å². The molecule has 214 valence electrons. The standard InChI is InChI=1S/C30H30FN9O2/c1-18(2)29(41)39-13-12-38(15-30(39,4)5)24-9-7-22-27(37-24)28(34-16-32-22)36-21-6-8-23(19(3)26(21)31)42-20-10-11-40-25(14-20)33-17-35-40/h6-11,14,16-17H,1,12-13,15H2,2-5H3,(H,32,34,36). The first-order valence-corrected chi connectivity index (χ1v) is 13.5. The van der Waals surface area contributed by atoms with Gasteiger partial charge in [-0.2, -0.15) is 5.10 Å². The van der Waals surface area contributed by atoms with Gasteiger partial charge in [-0.05, 0) is 58.0 Å². The molecule has 0 radical (unpaired) electrons. The highest BCUT2D eigenvalue weighted by atomic mass is 19.1. The number of ether oxygens (including phenoxy) is 1. The fraction of sp³-hybridized carbons (Fsp3) is 0.267. The normalized spacial score (nSPS) is 14.8. The molecule has 4 aromatic heterocycles. The summed E-state index contributed by atoms with van der Waals surface area (Å²) in [6.45, 7) is 13.0. The number of carbonyl (C=O) groups is 1. The molecule has 11 nitrogen and oxygen atoms in total. The lowest BCUT2D eigenvalue weighted by molar-refractivity contribution is -0.132. The van der Waals surface area contributed by atoms with Crippen molar-refractivity contribution in [2.24, 2.45) is 0 Å². The number of hydrogen-bond acceptors (Lipinski definition) is 9. The van der Waals surface area contributed by atoms with Crippen molar-refractivity contribution in [3.05, 3.63) is 78.8 Å². The van der Waals surface area contributed by atoms with Crippen molar-refractivity contribution in [2.75, 3.05) is 29.9 Å². The van der Waals surface area contributed by atoms with E-state index >= 15 is 4.39 Å². The van der Waals surface area contributed by atoms with Crippen LogP contribution in [0.4, 0.5) is 21.7 Å². The van der Waals surface area contributed by atoms with Gasteiger partial charge in [0.25, 0.3) is 0 Å². The Hall–Kier alpha value is -5.13. The molecule has 1 aromatic carbocycles. The van der Waals surface area contributed by atoms with Gasteiger partial charge in [-0.3, -0.25) is 4.79 Å². The van der Waals surface area contributed by atoms with Crippen molar-refractivity contribution < 1.29 is 13.9 Å². The molecule has 42 heavy (non-hydrogen) atoms. The van der Waals surface area contributed by atoms with Crippen LogP contribution < -0.4 is 15.0 Å². The highest BCUT2D eigenvalue weighted by molar-refractivity contribution is 5.93. The Kier molecular flexibility index (Phi) is 6.68. The van der Waals surface area contributed by atoms with Crippen LogP contribution in [0.2, 0.25) is 0 Å². The lowest BCUT2D eigenvalue weighted by atomic mass is 9.97. The number of nitrogens with one attached hydrogen (secondary N) is 1. The van der Waals surface area contributed by atoms with Gasteiger partial charge in [-0.1, -0.05) is 6.58 Å². The molecule has 0 unspecified atom stereocenters. The first-order chi connectivity index (χ1) is 20.1. The smallest absolute Gasteiger partial charge is 0.249 e. The molecule has 0 bridgehead atoms. The van der Waals surface area contributed by atoms with Crippen LogP contribution in [0.5, 0.6) is 11.5 Å². The quantitative estimate of drug-likeness (QED) is 0.282. The summed E-state index contributed by atoms with van der Waals surface area (Å²) in [5.41, 5.74) is 2.40. The maximum Gasteiger partial charge on any atom is 0.249 e. The molecule has 1 fully saturated rings. The molecule has 1 amide bonds. The van der Waals surface area contributed by atoms with Gasteiger partial charge in [-0.25, -0.2) is 28.8 Å². The van der Waals surface area contributed by atoms with E-state index in [2.05, 4.69) is 36.8 Å². The number of amides is 1. The Morgan fingerprint density at radius 1 is 1.10 bits per heavy atom. The minimum absolute atomic E-state index is 0.0452. The number of rotatable bonds is 6. The van der Waals surface area contributed by atoms with Gasteiger partial charge in [0.1, 0.15) is 35.5 Å². The number of pyridine rings is 2. The van der Waals surface area contributed by atoms with Crippen LogP contribution in [-0.2, 0) is 4.79 Å². The molecule has 5 aromatic rings. The van der Waals surface area contributed by atoms with Crippen molar-refractivity contribution in [1.82, 2.24) is 34.4 Å². The third kappa shape index (κ3) is 4.95. The summed E-state index contributed by atoms with van der Waals surface area (Å²) in [5, 5.41) is 7.17. The highest BCUT2D eigenvalue weighted by Crippen LogP contribution is 2.33. The van der Waals surface area contributed by atoms with E-state index in [9.17, 15) is 4.79 Å². The molecular weight excluding hydrogens is 537 g/mol. The van der Waals surface area contributed by atoms with Gasteiger partial charge in [-0.15, -0.1) is 0 Å². The van der Waals surface area contributed by atoms with E-state index in [1.807, 2.05) is 30.9 Å². The monoisotopic (exact) mass is 567 g/mol. The van der Waals surface area contributed by atoms with Crippen molar-refractivity contribution >= 4 is 39.9 Å². The summed E-state index contributed by atoms with van der Waals surface area (Å²) in [6, 6.07) is 10.5. The summed E-state index contributed by atoms with van der Waals surface area (Å²) in [7, 11) is 0. The molecule has 1 aliphatic heterocycles. The van der Waals surface area contributed by atoms with Crippen LogP contribution in [0, 0.1) is 12.7 Å². The maximum absolute atomic E-state index is 15.6. The van der Waals surface area contributed by atoms with Crippen molar-refractivity contribution in [1.29, 1.82) is 0 Å². The molecule has 1 aliphatic rings. The van der Waals surface area contributed by atoms with Crippen LogP contribution in [0.1, 0.15) is 26.3 Å². The van der Waals surface area contributed by atoms with E-state index in [-0.39, 0.29) is 11.6 Å². The van der Waals surface area contributed by atoms with Crippen molar-refractivity contribution in [3.63, 3.8) is 0 Å². The summed E-state index contributed by atoms with van der Waals surface area (Å²) in [5.74, 6) is 1.48. The topological polar surface area (TPSA) is 114 Å². The molecule has 0 spiro atoms. The Labute approximate surface area is 241 Å². The minimum Gasteiger partial charge on any atom is -0.457 e. The molecule has 1 saturated heterocycles. The Morgan fingerprint density at radius 2 is 1.93 bits per heavy atom. The predicted molar refractivity (Wildman–Crippen MR) is 158 cm³/mol. The number of halogens is 1. The SMILES string of the molecule is C=C(C)C(=O)N1CCN(c2ccc3ncnc(Nc4ccc(Oc5ccn6ncnc6c5)c(C)c4F)c3n2)CC1(C)C. The number of hydrogen-bond donors (Lipinski definition) is 1. The van der Waals surface area contributed by atoms with E-state index in [1.165, 1.54) is 12.7 Å². The minimum atomic E-state index is -0.473. The molecule has 0 aliphatic carbocycles. The lowest BCUT2D eigenvalue weighted by Gasteiger charge is -2.47. The predicted octanol–water partition coefficient (Wildman–Crippen LogP) is 5.05. The second-order valence-electron chi connectivity index (χ2n) is 10.9. The summed E-state index contributed by atoms with van der Waals surface area (Å²) >= 11 is 0. The number of benzene rings is 1. The molecule has 6 rings (SSSR count). The summed E-state index contributed by atoms with van der Waals surface area (Å²) in [4.78, 5) is 34.4. The number of anilines is 3.